The zero-order chi connectivity index (χ0) is 15.0. The normalized spacial score (nSPS) is 10.7. The van der Waals surface area contributed by atoms with Gasteiger partial charge in [0.05, 0.1) is 13.2 Å². The summed E-state index contributed by atoms with van der Waals surface area (Å²) in [5.41, 5.74) is 1.63. The van der Waals surface area contributed by atoms with Gasteiger partial charge in [-0.1, -0.05) is 39.3 Å². The largest absolute Gasteiger partial charge is 0.492 e. The number of benzene rings is 1. The Morgan fingerprint density at radius 2 is 2.00 bits per heavy atom. The van der Waals surface area contributed by atoms with E-state index in [1.54, 1.807) is 6.07 Å². The van der Waals surface area contributed by atoms with Crippen LogP contribution in [0.3, 0.4) is 0 Å². The van der Waals surface area contributed by atoms with Crippen molar-refractivity contribution in [3.8, 4) is 5.75 Å². The maximum absolute atomic E-state index is 12.0. The summed E-state index contributed by atoms with van der Waals surface area (Å²) in [5, 5.41) is 0. The van der Waals surface area contributed by atoms with E-state index in [1.165, 1.54) is 0 Å². The molecule has 0 radical (unpaired) electrons. The number of aryl methyl sites for hydroxylation is 1. The first-order chi connectivity index (χ1) is 9.60. The summed E-state index contributed by atoms with van der Waals surface area (Å²) < 4.78 is 11.0. The lowest BCUT2D eigenvalue weighted by atomic mass is 10.0. The molecule has 0 aliphatic heterocycles. The average molecular weight is 278 g/mol. The maximum Gasteiger partial charge on any atom is 0.341 e. The topological polar surface area (TPSA) is 35.5 Å². The van der Waals surface area contributed by atoms with Crippen LogP contribution in [0.1, 0.15) is 56.5 Å². The number of hydrogen-bond acceptors (Lipinski definition) is 3. The Morgan fingerprint density at radius 1 is 1.25 bits per heavy atom. The highest BCUT2D eigenvalue weighted by Gasteiger charge is 2.17. The molecule has 3 heteroatoms. The molecule has 1 rings (SSSR count). The van der Waals surface area contributed by atoms with Gasteiger partial charge in [-0.15, -0.1) is 0 Å². The van der Waals surface area contributed by atoms with Crippen LogP contribution in [-0.4, -0.2) is 19.2 Å². The fraction of sp³-hybridized carbons (Fsp3) is 0.588. The van der Waals surface area contributed by atoms with E-state index in [2.05, 4.69) is 20.8 Å². The molecule has 0 saturated heterocycles. The highest BCUT2D eigenvalue weighted by Crippen LogP contribution is 2.26. The number of para-hydroxylation sites is 1. The molecule has 0 atom stereocenters. The molecular formula is C17H26O3. The van der Waals surface area contributed by atoms with E-state index in [0.29, 0.717) is 30.4 Å². The van der Waals surface area contributed by atoms with Crippen LogP contribution in [0.5, 0.6) is 5.75 Å². The van der Waals surface area contributed by atoms with Crippen LogP contribution in [0.2, 0.25) is 0 Å². The summed E-state index contributed by atoms with van der Waals surface area (Å²) in [6.07, 6.45) is 2.90. The molecule has 0 spiro atoms. The Morgan fingerprint density at radius 3 is 2.60 bits per heavy atom. The Hall–Kier alpha value is -1.51. The molecule has 0 N–H and O–H groups in total. The number of esters is 1. The van der Waals surface area contributed by atoms with E-state index in [0.717, 1.165) is 24.8 Å². The molecule has 0 heterocycles. The van der Waals surface area contributed by atoms with Crippen LogP contribution < -0.4 is 4.74 Å². The highest BCUT2D eigenvalue weighted by molar-refractivity contribution is 5.93. The van der Waals surface area contributed by atoms with Crippen molar-refractivity contribution < 1.29 is 14.3 Å². The first-order valence-corrected chi connectivity index (χ1v) is 7.51. The summed E-state index contributed by atoms with van der Waals surface area (Å²) >= 11 is 0. The molecule has 0 aromatic heterocycles. The van der Waals surface area contributed by atoms with Crippen molar-refractivity contribution in [2.45, 2.75) is 47.0 Å². The van der Waals surface area contributed by atoms with Crippen LogP contribution in [0.25, 0.3) is 0 Å². The van der Waals surface area contributed by atoms with Crippen molar-refractivity contribution in [3.63, 3.8) is 0 Å². The fourth-order valence-corrected chi connectivity index (χ4v) is 1.99. The molecule has 0 bridgehead atoms. The van der Waals surface area contributed by atoms with E-state index >= 15 is 0 Å². The van der Waals surface area contributed by atoms with E-state index in [4.69, 9.17) is 9.47 Å². The third kappa shape index (κ3) is 4.87. The quantitative estimate of drug-likeness (QED) is 0.667. The zero-order valence-electron chi connectivity index (χ0n) is 13.1. The number of hydrogen-bond donors (Lipinski definition) is 0. The van der Waals surface area contributed by atoms with Crippen molar-refractivity contribution in [1.29, 1.82) is 0 Å². The summed E-state index contributed by atoms with van der Waals surface area (Å²) in [5.74, 6) is 0.984. The molecule has 0 aliphatic rings. The molecule has 0 unspecified atom stereocenters. The second-order valence-corrected chi connectivity index (χ2v) is 5.30. The summed E-state index contributed by atoms with van der Waals surface area (Å²) in [6.45, 7) is 9.26. The summed E-state index contributed by atoms with van der Waals surface area (Å²) in [6, 6.07) is 5.70. The van der Waals surface area contributed by atoms with E-state index in [1.807, 2.05) is 19.1 Å². The molecule has 1 aromatic carbocycles. The Balaban J connectivity index is 2.96. The second kappa shape index (κ2) is 8.62. The SMILES string of the molecule is CCCc1cccc(C(=O)OCC)c1OCCC(C)C. The van der Waals surface area contributed by atoms with Crippen molar-refractivity contribution in [2.24, 2.45) is 5.92 Å². The summed E-state index contributed by atoms with van der Waals surface area (Å²) in [4.78, 5) is 12.0. The number of carbonyl (C=O) groups excluding carboxylic acids is 1. The van der Waals surface area contributed by atoms with Gasteiger partial charge in [-0.3, -0.25) is 0 Å². The molecule has 3 nitrogen and oxygen atoms in total. The predicted molar refractivity (Wildman–Crippen MR) is 81.3 cm³/mol. The summed E-state index contributed by atoms with van der Waals surface area (Å²) in [7, 11) is 0. The van der Waals surface area contributed by atoms with Crippen LogP contribution in [0.4, 0.5) is 0 Å². The van der Waals surface area contributed by atoms with Gasteiger partial charge < -0.3 is 9.47 Å². The van der Waals surface area contributed by atoms with Crippen molar-refractivity contribution in [1.82, 2.24) is 0 Å². The molecule has 0 fully saturated rings. The van der Waals surface area contributed by atoms with Crippen LogP contribution in [0, 0.1) is 5.92 Å². The van der Waals surface area contributed by atoms with E-state index in [-0.39, 0.29) is 5.97 Å². The van der Waals surface area contributed by atoms with Gasteiger partial charge in [0.2, 0.25) is 0 Å². The van der Waals surface area contributed by atoms with Gasteiger partial charge >= 0.3 is 5.97 Å². The van der Waals surface area contributed by atoms with Crippen molar-refractivity contribution in [2.75, 3.05) is 13.2 Å². The van der Waals surface area contributed by atoms with Gasteiger partial charge in [0, 0.05) is 0 Å². The lowest BCUT2D eigenvalue weighted by Gasteiger charge is -2.15. The van der Waals surface area contributed by atoms with Gasteiger partial charge in [0.1, 0.15) is 11.3 Å². The van der Waals surface area contributed by atoms with Gasteiger partial charge in [-0.05, 0) is 37.3 Å². The Bertz CT molecular complexity index is 424. The molecule has 0 aliphatic carbocycles. The molecule has 0 saturated carbocycles. The maximum atomic E-state index is 12.0. The molecule has 1 aromatic rings. The minimum atomic E-state index is -0.301. The van der Waals surface area contributed by atoms with Crippen molar-refractivity contribution in [3.05, 3.63) is 29.3 Å². The van der Waals surface area contributed by atoms with Gasteiger partial charge in [0.15, 0.2) is 0 Å². The molecule has 0 amide bonds. The monoisotopic (exact) mass is 278 g/mol. The zero-order valence-corrected chi connectivity index (χ0v) is 13.1. The van der Waals surface area contributed by atoms with E-state index in [9.17, 15) is 4.79 Å². The minimum Gasteiger partial charge on any atom is -0.492 e. The van der Waals surface area contributed by atoms with Crippen LogP contribution >= 0.6 is 0 Å². The predicted octanol–water partition coefficient (Wildman–Crippen LogP) is 4.24. The Kier molecular flexibility index (Phi) is 7.13. The lowest BCUT2D eigenvalue weighted by Crippen LogP contribution is -2.11. The molecular weight excluding hydrogens is 252 g/mol. The first kappa shape index (κ1) is 16.5. The average Bonchev–Trinajstić information content (AvgIpc) is 2.40. The third-order valence-electron chi connectivity index (χ3n) is 3.05. The first-order valence-electron chi connectivity index (χ1n) is 7.51. The second-order valence-electron chi connectivity index (χ2n) is 5.30. The van der Waals surface area contributed by atoms with E-state index < -0.39 is 0 Å². The smallest absolute Gasteiger partial charge is 0.341 e. The fourth-order valence-electron chi connectivity index (χ4n) is 1.99. The van der Waals surface area contributed by atoms with Gasteiger partial charge in [-0.25, -0.2) is 4.79 Å². The standard InChI is InChI=1S/C17H26O3/c1-5-8-14-9-7-10-15(17(18)19-6-2)16(14)20-12-11-13(3)4/h7,9-10,13H,5-6,8,11-12H2,1-4H3. The lowest BCUT2D eigenvalue weighted by molar-refractivity contribution is 0.0521. The number of ether oxygens (including phenoxy) is 2. The third-order valence-corrected chi connectivity index (χ3v) is 3.05. The molecule has 112 valence electrons. The van der Waals surface area contributed by atoms with Crippen LogP contribution in [0.15, 0.2) is 18.2 Å². The van der Waals surface area contributed by atoms with Crippen molar-refractivity contribution >= 4 is 5.97 Å². The van der Waals surface area contributed by atoms with Crippen LogP contribution in [-0.2, 0) is 11.2 Å². The van der Waals surface area contributed by atoms with Gasteiger partial charge in [0.25, 0.3) is 0 Å². The highest BCUT2D eigenvalue weighted by atomic mass is 16.5. The number of rotatable bonds is 8. The molecule has 20 heavy (non-hydrogen) atoms. The minimum absolute atomic E-state index is 0.301. The van der Waals surface area contributed by atoms with Gasteiger partial charge in [-0.2, -0.15) is 0 Å². The Labute approximate surface area is 122 Å². The number of carbonyl (C=O) groups is 1.